The molecule has 2 aliphatic rings. The Bertz CT molecular complexity index is 539. The van der Waals surface area contributed by atoms with E-state index in [9.17, 15) is 9.90 Å². The predicted molar refractivity (Wildman–Crippen MR) is 90.2 cm³/mol. The minimum Gasteiger partial charge on any atom is -0.387 e. The summed E-state index contributed by atoms with van der Waals surface area (Å²) in [5, 5.41) is 9.67. The molecule has 3 heterocycles. The van der Waals surface area contributed by atoms with Crippen LogP contribution >= 0.6 is 0 Å². The third-order valence-corrected chi connectivity index (χ3v) is 5.10. The summed E-state index contributed by atoms with van der Waals surface area (Å²) in [6.45, 7) is 5.65. The fraction of sp³-hybridized carbons (Fsp3) is 0.667. The van der Waals surface area contributed by atoms with Crippen molar-refractivity contribution >= 4 is 11.7 Å². The zero-order chi connectivity index (χ0) is 16.2. The van der Waals surface area contributed by atoms with Crippen molar-refractivity contribution in [2.45, 2.75) is 45.1 Å². The number of hydrogen-bond acceptors (Lipinski definition) is 4. The quantitative estimate of drug-likeness (QED) is 0.906. The average Bonchev–Trinajstić information content (AvgIpc) is 2.98. The van der Waals surface area contributed by atoms with E-state index in [1.165, 1.54) is 0 Å². The van der Waals surface area contributed by atoms with Gasteiger partial charge in [0.05, 0.1) is 11.8 Å². The van der Waals surface area contributed by atoms with Gasteiger partial charge in [0.25, 0.3) is 0 Å². The number of aliphatic hydroxyl groups is 1. The highest BCUT2D eigenvalue weighted by Gasteiger charge is 2.24. The molecule has 126 valence electrons. The van der Waals surface area contributed by atoms with Crippen LogP contribution in [0.5, 0.6) is 0 Å². The van der Waals surface area contributed by atoms with Gasteiger partial charge in [0.1, 0.15) is 5.82 Å². The first-order valence-electron chi connectivity index (χ1n) is 8.81. The number of rotatable bonds is 5. The summed E-state index contributed by atoms with van der Waals surface area (Å²) < 4.78 is 0. The molecule has 1 aromatic rings. The van der Waals surface area contributed by atoms with Crippen LogP contribution in [0.25, 0.3) is 0 Å². The van der Waals surface area contributed by atoms with E-state index in [0.717, 1.165) is 69.8 Å². The van der Waals surface area contributed by atoms with E-state index in [4.69, 9.17) is 0 Å². The lowest BCUT2D eigenvalue weighted by Gasteiger charge is -2.33. The van der Waals surface area contributed by atoms with Crippen LogP contribution in [0.2, 0.25) is 0 Å². The van der Waals surface area contributed by atoms with Crippen molar-refractivity contribution in [2.24, 2.45) is 5.92 Å². The molecule has 1 amide bonds. The van der Waals surface area contributed by atoms with Crippen LogP contribution in [0, 0.1) is 5.92 Å². The molecule has 0 saturated carbocycles. The number of nitrogens with zero attached hydrogens (tertiary/aromatic N) is 3. The molecule has 0 aromatic carbocycles. The molecule has 0 radical (unpaired) electrons. The Morgan fingerprint density at radius 2 is 2.09 bits per heavy atom. The summed E-state index contributed by atoms with van der Waals surface area (Å²) >= 11 is 0. The van der Waals surface area contributed by atoms with Gasteiger partial charge in [-0.05, 0) is 50.7 Å². The summed E-state index contributed by atoms with van der Waals surface area (Å²) in [6.07, 6.45) is 4.68. The number of likely N-dealkylation sites (tertiary alicyclic amines) is 1. The van der Waals surface area contributed by atoms with Gasteiger partial charge in [0.15, 0.2) is 0 Å². The van der Waals surface area contributed by atoms with Crippen molar-refractivity contribution in [3.8, 4) is 0 Å². The lowest BCUT2D eigenvalue weighted by atomic mass is 9.93. The van der Waals surface area contributed by atoms with Gasteiger partial charge in [-0.2, -0.15) is 0 Å². The Hall–Kier alpha value is -1.62. The van der Waals surface area contributed by atoms with E-state index in [2.05, 4.69) is 9.88 Å². The van der Waals surface area contributed by atoms with Crippen molar-refractivity contribution in [1.82, 2.24) is 9.88 Å². The minimum absolute atomic E-state index is 0.335. The standard InChI is InChI=1S/C18H27N3O2/c1-14(22)16-4-2-5-17(19-16)20-11-7-15(8-12-20)9-13-21-10-3-6-18(21)23/h2,4-5,14-15,22H,3,6-13H2,1H3/t14-/m0/s1. The Labute approximate surface area is 138 Å². The van der Waals surface area contributed by atoms with Gasteiger partial charge in [-0.25, -0.2) is 4.98 Å². The number of hydrogen-bond donors (Lipinski definition) is 1. The molecule has 5 nitrogen and oxygen atoms in total. The van der Waals surface area contributed by atoms with E-state index in [-0.39, 0.29) is 0 Å². The van der Waals surface area contributed by atoms with Crippen LogP contribution in [0.1, 0.15) is 50.8 Å². The van der Waals surface area contributed by atoms with Crippen LogP contribution in [0.3, 0.4) is 0 Å². The number of amides is 1. The van der Waals surface area contributed by atoms with Crippen molar-refractivity contribution in [2.75, 3.05) is 31.1 Å². The largest absolute Gasteiger partial charge is 0.387 e. The normalized spacial score (nSPS) is 21.0. The molecular formula is C18H27N3O2. The summed E-state index contributed by atoms with van der Waals surface area (Å²) in [7, 11) is 0. The summed E-state index contributed by atoms with van der Waals surface area (Å²) in [5.41, 5.74) is 0.733. The van der Waals surface area contributed by atoms with E-state index in [1.807, 2.05) is 23.1 Å². The number of aromatic nitrogens is 1. The topological polar surface area (TPSA) is 56.7 Å². The Morgan fingerprint density at radius 1 is 1.30 bits per heavy atom. The second-order valence-electron chi connectivity index (χ2n) is 6.80. The summed E-state index contributed by atoms with van der Waals surface area (Å²) in [4.78, 5) is 20.6. The zero-order valence-electron chi connectivity index (χ0n) is 13.9. The first kappa shape index (κ1) is 16.2. The van der Waals surface area contributed by atoms with Crippen molar-refractivity contribution in [3.63, 3.8) is 0 Å². The SMILES string of the molecule is C[C@H](O)c1cccc(N2CCC(CCN3CCCC3=O)CC2)n1. The highest BCUT2D eigenvalue weighted by molar-refractivity contribution is 5.77. The van der Waals surface area contributed by atoms with Crippen LogP contribution < -0.4 is 4.90 Å². The molecule has 3 rings (SSSR count). The average molecular weight is 317 g/mol. The van der Waals surface area contributed by atoms with E-state index in [1.54, 1.807) is 6.92 Å². The molecule has 1 atom stereocenters. The van der Waals surface area contributed by atoms with Gasteiger partial charge >= 0.3 is 0 Å². The molecule has 5 heteroatoms. The molecule has 0 unspecified atom stereocenters. The van der Waals surface area contributed by atoms with Gasteiger partial charge in [-0.15, -0.1) is 0 Å². The predicted octanol–water partition coefficient (Wildman–Crippen LogP) is 2.36. The van der Waals surface area contributed by atoms with Crippen molar-refractivity contribution < 1.29 is 9.90 Å². The maximum atomic E-state index is 11.7. The van der Waals surface area contributed by atoms with Gasteiger partial charge in [0, 0.05) is 32.6 Å². The molecule has 1 aromatic heterocycles. The maximum Gasteiger partial charge on any atom is 0.222 e. The van der Waals surface area contributed by atoms with Crippen molar-refractivity contribution in [3.05, 3.63) is 23.9 Å². The van der Waals surface area contributed by atoms with Crippen molar-refractivity contribution in [1.29, 1.82) is 0 Å². The van der Waals surface area contributed by atoms with Gasteiger partial charge < -0.3 is 14.9 Å². The van der Waals surface area contributed by atoms with E-state index >= 15 is 0 Å². The third-order valence-electron chi connectivity index (χ3n) is 5.10. The first-order valence-corrected chi connectivity index (χ1v) is 8.81. The number of aliphatic hydroxyl groups excluding tert-OH is 1. The Morgan fingerprint density at radius 3 is 2.74 bits per heavy atom. The molecule has 2 saturated heterocycles. The maximum absolute atomic E-state index is 11.7. The Kier molecular flexibility index (Phi) is 5.16. The third kappa shape index (κ3) is 4.02. The highest BCUT2D eigenvalue weighted by Crippen LogP contribution is 2.25. The molecule has 1 N–H and O–H groups in total. The number of carbonyl (C=O) groups excluding carboxylic acids is 1. The molecule has 0 aliphatic carbocycles. The highest BCUT2D eigenvalue weighted by atomic mass is 16.3. The zero-order valence-corrected chi connectivity index (χ0v) is 13.9. The fourth-order valence-corrected chi connectivity index (χ4v) is 3.58. The van der Waals surface area contributed by atoms with Gasteiger partial charge in [-0.1, -0.05) is 6.07 Å². The molecule has 0 spiro atoms. The van der Waals surface area contributed by atoms with Crippen LogP contribution in [0.4, 0.5) is 5.82 Å². The first-order chi connectivity index (χ1) is 11.1. The lowest BCUT2D eigenvalue weighted by molar-refractivity contribution is -0.127. The smallest absolute Gasteiger partial charge is 0.222 e. The van der Waals surface area contributed by atoms with Gasteiger partial charge in [-0.3, -0.25) is 4.79 Å². The van der Waals surface area contributed by atoms with Crippen LogP contribution in [0.15, 0.2) is 18.2 Å². The van der Waals surface area contributed by atoms with E-state index < -0.39 is 6.10 Å². The molecule has 2 fully saturated rings. The monoisotopic (exact) mass is 317 g/mol. The van der Waals surface area contributed by atoms with Gasteiger partial charge in [0.2, 0.25) is 5.91 Å². The molecular weight excluding hydrogens is 290 g/mol. The lowest BCUT2D eigenvalue weighted by Crippen LogP contribution is -2.36. The number of carbonyl (C=O) groups is 1. The number of pyridine rings is 1. The number of piperidine rings is 1. The minimum atomic E-state index is -0.523. The second kappa shape index (κ2) is 7.30. The number of anilines is 1. The summed E-state index contributed by atoms with van der Waals surface area (Å²) in [5.74, 6) is 2.01. The summed E-state index contributed by atoms with van der Waals surface area (Å²) in [6, 6.07) is 5.86. The molecule has 0 bridgehead atoms. The second-order valence-corrected chi connectivity index (χ2v) is 6.80. The van der Waals surface area contributed by atoms with Crippen LogP contribution in [-0.2, 0) is 4.79 Å². The van der Waals surface area contributed by atoms with E-state index in [0.29, 0.717) is 11.8 Å². The van der Waals surface area contributed by atoms with Crippen LogP contribution in [-0.4, -0.2) is 47.1 Å². The molecule has 2 aliphatic heterocycles. The molecule has 23 heavy (non-hydrogen) atoms. The fourth-order valence-electron chi connectivity index (χ4n) is 3.58. The Balaban J connectivity index is 1.48.